The summed E-state index contributed by atoms with van der Waals surface area (Å²) in [5.74, 6) is 0.436. The maximum absolute atomic E-state index is 12.0. The molecule has 2 rings (SSSR count). The van der Waals surface area contributed by atoms with Gasteiger partial charge in [-0.1, -0.05) is 0 Å². The zero-order valence-electron chi connectivity index (χ0n) is 11.6. The zero-order chi connectivity index (χ0) is 14.5. The van der Waals surface area contributed by atoms with Crippen LogP contribution in [-0.4, -0.2) is 36.2 Å². The van der Waals surface area contributed by atoms with Crippen LogP contribution in [0.1, 0.15) is 10.4 Å². The summed E-state index contributed by atoms with van der Waals surface area (Å²) in [6.45, 7) is 0. The van der Waals surface area contributed by atoms with E-state index in [4.69, 9.17) is 0 Å². The van der Waals surface area contributed by atoms with Gasteiger partial charge < -0.3 is 10.2 Å². The summed E-state index contributed by atoms with van der Waals surface area (Å²) < 4.78 is 0. The van der Waals surface area contributed by atoms with E-state index in [-0.39, 0.29) is 5.91 Å². The molecule has 0 fully saturated rings. The van der Waals surface area contributed by atoms with Crippen molar-refractivity contribution in [3.8, 4) is 0 Å². The van der Waals surface area contributed by atoms with Crippen LogP contribution in [0.25, 0.3) is 0 Å². The van der Waals surface area contributed by atoms with Gasteiger partial charge in [0.05, 0.1) is 18.1 Å². The number of nitrogens with zero attached hydrogens (tertiary/aromatic N) is 3. The van der Waals surface area contributed by atoms with Crippen LogP contribution in [0.15, 0.2) is 41.6 Å². The van der Waals surface area contributed by atoms with Crippen molar-refractivity contribution in [2.24, 2.45) is 0 Å². The number of nitrogens with one attached hydrogen (secondary N) is 1. The number of carbonyl (C=O) groups excluding carboxylic acids is 1. The summed E-state index contributed by atoms with van der Waals surface area (Å²) in [6, 6.07) is 7.45. The Kier molecular flexibility index (Phi) is 4.57. The summed E-state index contributed by atoms with van der Waals surface area (Å²) >= 11 is 1.64. The van der Waals surface area contributed by atoms with Crippen LogP contribution in [0.2, 0.25) is 0 Å². The highest BCUT2D eigenvalue weighted by molar-refractivity contribution is 7.98. The number of hydrogen-bond donors (Lipinski definition) is 1. The number of carbonyl (C=O) groups is 1. The van der Waals surface area contributed by atoms with Crippen molar-refractivity contribution in [2.45, 2.75) is 4.90 Å². The van der Waals surface area contributed by atoms with Gasteiger partial charge in [0.1, 0.15) is 0 Å². The summed E-state index contributed by atoms with van der Waals surface area (Å²) in [5, 5.41) is 2.77. The third-order valence-electron chi connectivity index (χ3n) is 2.65. The molecule has 1 N–H and O–H groups in total. The topological polar surface area (TPSA) is 58.1 Å². The minimum atomic E-state index is -0.168. The van der Waals surface area contributed by atoms with Gasteiger partial charge in [-0.05, 0) is 30.5 Å². The molecule has 0 aliphatic carbocycles. The Hall–Kier alpha value is -2.08. The van der Waals surface area contributed by atoms with E-state index in [0.29, 0.717) is 17.2 Å². The Balaban J connectivity index is 2.06. The van der Waals surface area contributed by atoms with Crippen LogP contribution in [0.3, 0.4) is 0 Å². The average Bonchev–Trinajstić information content (AvgIpc) is 2.48. The van der Waals surface area contributed by atoms with Gasteiger partial charge in [-0.25, -0.2) is 9.97 Å². The second kappa shape index (κ2) is 6.38. The number of benzene rings is 1. The van der Waals surface area contributed by atoms with E-state index in [1.165, 1.54) is 0 Å². The molecule has 1 aromatic heterocycles. The molecule has 6 heteroatoms. The summed E-state index contributed by atoms with van der Waals surface area (Å²) in [4.78, 5) is 23.3. The second-order valence-corrected chi connectivity index (χ2v) is 5.23. The predicted molar refractivity (Wildman–Crippen MR) is 82.5 cm³/mol. The molecule has 0 aliphatic rings. The minimum Gasteiger partial charge on any atom is -0.347 e. The fraction of sp³-hybridized carbons (Fsp3) is 0.214. The van der Waals surface area contributed by atoms with Crippen molar-refractivity contribution in [1.82, 2.24) is 9.97 Å². The molecule has 0 atom stereocenters. The van der Waals surface area contributed by atoms with Crippen LogP contribution in [0, 0.1) is 0 Å². The molecule has 1 heterocycles. The van der Waals surface area contributed by atoms with Crippen molar-refractivity contribution in [1.29, 1.82) is 0 Å². The van der Waals surface area contributed by atoms with Crippen LogP contribution < -0.4 is 10.2 Å². The van der Waals surface area contributed by atoms with Crippen LogP contribution in [-0.2, 0) is 0 Å². The first-order valence-electron chi connectivity index (χ1n) is 6.05. The smallest absolute Gasteiger partial charge is 0.255 e. The minimum absolute atomic E-state index is 0.168. The fourth-order valence-corrected chi connectivity index (χ4v) is 1.97. The van der Waals surface area contributed by atoms with Crippen molar-refractivity contribution in [3.05, 3.63) is 42.2 Å². The largest absolute Gasteiger partial charge is 0.347 e. The molecule has 0 spiro atoms. The molecule has 0 saturated heterocycles. The molecule has 0 radical (unpaired) electrons. The average molecular weight is 288 g/mol. The van der Waals surface area contributed by atoms with Gasteiger partial charge in [-0.15, -0.1) is 11.8 Å². The third-order valence-corrected chi connectivity index (χ3v) is 3.39. The van der Waals surface area contributed by atoms with Crippen molar-refractivity contribution in [3.63, 3.8) is 0 Å². The Labute approximate surface area is 122 Å². The maximum Gasteiger partial charge on any atom is 0.255 e. The van der Waals surface area contributed by atoms with E-state index in [0.717, 1.165) is 4.90 Å². The third kappa shape index (κ3) is 3.48. The molecule has 104 valence electrons. The summed E-state index contributed by atoms with van der Waals surface area (Å²) in [5.41, 5.74) is 1.19. The van der Waals surface area contributed by atoms with Crippen molar-refractivity contribution in [2.75, 3.05) is 30.6 Å². The molecule has 0 unspecified atom stereocenters. The standard InChI is InChI=1S/C14H16N4OS/c1-18(2)14-15-8-11(9-16-14)17-13(19)10-4-6-12(20-3)7-5-10/h4-9H,1-3H3,(H,17,19). The van der Waals surface area contributed by atoms with E-state index >= 15 is 0 Å². The highest BCUT2D eigenvalue weighted by Crippen LogP contribution is 2.16. The Bertz CT molecular complexity index is 581. The van der Waals surface area contributed by atoms with Crippen LogP contribution in [0.4, 0.5) is 11.6 Å². The first-order valence-corrected chi connectivity index (χ1v) is 7.27. The molecule has 2 aromatic rings. The van der Waals surface area contributed by atoms with E-state index < -0.39 is 0 Å². The molecule has 5 nitrogen and oxygen atoms in total. The van der Waals surface area contributed by atoms with E-state index in [2.05, 4.69) is 15.3 Å². The Morgan fingerprint density at radius 1 is 1.15 bits per heavy atom. The lowest BCUT2D eigenvalue weighted by atomic mass is 10.2. The predicted octanol–water partition coefficient (Wildman–Crippen LogP) is 2.52. The molecule has 20 heavy (non-hydrogen) atoms. The van der Waals surface area contributed by atoms with Crippen LogP contribution in [0.5, 0.6) is 0 Å². The second-order valence-electron chi connectivity index (χ2n) is 4.35. The first kappa shape index (κ1) is 14.3. The SMILES string of the molecule is CSc1ccc(C(=O)Nc2cnc(N(C)C)nc2)cc1. The fourth-order valence-electron chi connectivity index (χ4n) is 1.56. The normalized spacial score (nSPS) is 10.2. The molecular weight excluding hydrogens is 272 g/mol. The number of hydrogen-bond acceptors (Lipinski definition) is 5. The highest BCUT2D eigenvalue weighted by Gasteiger charge is 2.07. The molecule has 0 aliphatic heterocycles. The van der Waals surface area contributed by atoms with Crippen molar-refractivity contribution < 1.29 is 4.79 Å². The van der Waals surface area contributed by atoms with Gasteiger partial charge >= 0.3 is 0 Å². The monoisotopic (exact) mass is 288 g/mol. The number of anilines is 2. The number of aromatic nitrogens is 2. The number of thioether (sulfide) groups is 1. The molecule has 0 saturated carbocycles. The van der Waals surface area contributed by atoms with Gasteiger partial charge in [0, 0.05) is 24.6 Å². The summed E-state index contributed by atoms with van der Waals surface area (Å²) in [7, 11) is 3.72. The lowest BCUT2D eigenvalue weighted by Gasteiger charge is -2.10. The van der Waals surface area contributed by atoms with E-state index in [1.807, 2.05) is 32.5 Å². The molecular formula is C14H16N4OS. The van der Waals surface area contributed by atoms with Crippen molar-refractivity contribution >= 4 is 29.3 Å². The van der Waals surface area contributed by atoms with Gasteiger partial charge in [0.25, 0.3) is 5.91 Å². The quantitative estimate of drug-likeness (QED) is 0.876. The van der Waals surface area contributed by atoms with Crippen LogP contribution >= 0.6 is 11.8 Å². The molecule has 0 bridgehead atoms. The highest BCUT2D eigenvalue weighted by atomic mass is 32.2. The zero-order valence-corrected chi connectivity index (χ0v) is 12.4. The lowest BCUT2D eigenvalue weighted by Crippen LogP contribution is -2.15. The molecule has 1 amide bonds. The molecule has 1 aromatic carbocycles. The lowest BCUT2D eigenvalue weighted by molar-refractivity contribution is 0.102. The van der Waals surface area contributed by atoms with E-state index in [1.54, 1.807) is 41.2 Å². The summed E-state index contributed by atoms with van der Waals surface area (Å²) in [6.07, 6.45) is 5.19. The maximum atomic E-state index is 12.0. The number of amides is 1. The van der Waals surface area contributed by atoms with Gasteiger partial charge in [-0.2, -0.15) is 0 Å². The van der Waals surface area contributed by atoms with E-state index in [9.17, 15) is 4.79 Å². The number of rotatable bonds is 4. The van der Waals surface area contributed by atoms with Gasteiger partial charge in [0.2, 0.25) is 5.95 Å². The van der Waals surface area contributed by atoms with Gasteiger partial charge in [-0.3, -0.25) is 4.79 Å². The Morgan fingerprint density at radius 2 is 1.75 bits per heavy atom. The van der Waals surface area contributed by atoms with Gasteiger partial charge in [0.15, 0.2) is 0 Å². The Morgan fingerprint density at radius 3 is 2.25 bits per heavy atom. The first-order chi connectivity index (χ1) is 9.60.